The van der Waals surface area contributed by atoms with Gasteiger partial charge < -0.3 is 33.5 Å². The third kappa shape index (κ3) is 5.20. The van der Waals surface area contributed by atoms with E-state index in [4.69, 9.17) is 23.7 Å². The second kappa shape index (κ2) is 9.93. The van der Waals surface area contributed by atoms with E-state index in [1.165, 1.54) is 5.69 Å². The Morgan fingerprint density at radius 1 is 1.03 bits per heavy atom. The van der Waals surface area contributed by atoms with Gasteiger partial charge in [0, 0.05) is 43.6 Å². The van der Waals surface area contributed by atoms with Crippen LogP contribution in [0.4, 0.5) is 5.69 Å². The van der Waals surface area contributed by atoms with E-state index >= 15 is 0 Å². The fraction of sp³-hybridized carbons (Fsp3) is 0.462. The Morgan fingerprint density at radius 3 is 2.36 bits per heavy atom. The topological polar surface area (TPSA) is 52.6 Å². The first-order valence-corrected chi connectivity index (χ1v) is 11.3. The lowest BCUT2D eigenvalue weighted by Crippen LogP contribution is -2.45. The van der Waals surface area contributed by atoms with Crippen molar-refractivity contribution in [2.45, 2.75) is 25.7 Å². The molecule has 0 N–H and O–H groups in total. The molecule has 2 aromatic carbocycles. The Kier molecular flexibility index (Phi) is 7.00. The zero-order valence-corrected chi connectivity index (χ0v) is 20.0. The summed E-state index contributed by atoms with van der Waals surface area (Å²) in [7, 11) is 3.25. The summed E-state index contributed by atoms with van der Waals surface area (Å²) in [5.74, 6) is 1.30. The number of rotatable bonds is 8. The van der Waals surface area contributed by atoms with Gasteiger partial charge >= 0.3 is 0 Å². The fourth-order valence-electron chi connectivity index (χ4n) is 4.32. The van der Waals surface area contributed by atoms with Crippen molar-refractivity contribution in [1.82, 2.24) is 4.90 Å². The predicted octanol–water partition coefficient (Wildman–Crippen LogP) is 4.03. The molecular formula is C26H34N2O5. The Bertz CT molecular complexity index is 956. The van der Waals surface area contributed by atoms with E-state index in [9.17, 15) is 0 Å². The van der Waals surface area contributed by atoms with Crippen LogP contribution in [0.25, 0.3) is 0 Å². The zero-order valence-electron chi connectivity index (χ0n) is 20.0. The van der Waals surface area contributed by atoms with E-state index in [0.29, 0.717) is 19.0 Å². The van der Waals surface area contributed by atoms with Crippen molar-refractivity contribution in [2.75, 3.05) is 58.5 Å². The summed E-state index contributed by atoms with van der Waals surface area (Å²) in [6, 6.07) is 13.9. The summed E-state index contributed by atoms with van der Waals surface area (Å²) in [6.07, 6.45) is -0.184. The Labute approximate surface area is 196 Å². The second-order valence-corrected chi connectivity index (χ2v) is 8.58. The first-order valence-electron chi connectivity index (χ1n) is 11.3. The number of piperazine rings is 1. The molecule has 2 fully saturated rings. The Balaban J connectivity index is 1.31. The molecule has 2 saturated heterocycles. The quantitative estimate of drug-likeness (QED) is 0.597. The number of nitrogens with zero attached hydrogens (tertiary/aromatic N) is 2. The minimum absolute atomic E-state index is 0.184. The zero-order chi connectivity index (χ0) is 23.4. The molecule has 0 amide bonds. The van der Waals surface area contributed by atoms with Crippen molar-refractivity contribution in [1.29, 1.82) is 0 Å². The van der Waals surface area contributed by atoms with E-state index in [0.717, 1.165) is 48.9 Å². The summed E-state index contributed by atoms with van der Waals surface area (Å²) in [5.41, 5.74) is 3.17. The number of allylic oxidation sites excluding steroid dienone is 1. The van der Waals surface area contributed by atoms with Crippen LogP contribution in [0.1, 0.15) is 19.4 Å². The van der Waals surface area contributed by atoms with Gasteiger partial charge in [-0.25, -0.2) is 0 Å². The van der Waals surface area contributed by atoms with Crippen molar-refractivity contribution in [2.24, 2.45) is 0 Å². The monoisotopic (exact) mass is 454 g/mol. The van der Waals surface area contributed by atoms with Crippen molar-refractivity contribution in [3.63, 3.8) is 0 Å². The highest BCUT2D eigenvalue weighted by Crippen LogP contribution is 2.40. The van der Waals surface area contributed by atoms with E-state index in [-0.39, 0.29) is 6.10 Å². The largest absolute Gasteiger partial charge is 0.497 e. The summed E-state index contributed by atoms with van der Waals surface area (Å²) in [5, 5.41) is 0. The third-order valence-corrected chi connectivity index (χ3v) is 6.29. The summed E-state index contributed by atoms with van der Waals surface area (Å²) in [6.45, 7) is 12.9. The molecule has 0 saturated carbocycles. The molecule has 0 spiro atoms. The van der Waals surface area contributed by atoms with E-state index in [1.54, 1.807) is 14.2 Å². The lowest BCUT2D eigenvalue weighted by atomic mass is 10.1. The minimum Gasteiger partial charge on any atom is -0.497 e. The number of benzene rings is 2. The average Bonchev–Trinajstić information content (AvgIpc) is 3.24. The van der Waals surface area contributed by atoms with Crippen LogP contribution in [-0.2, 0) is 15.3 Å². The van der Waals surface area contributed by atoms with Crippen LogP contribution < -0.4 is 19.1 Å². The molecule has 0 aliphatic carbocycles. The molecule has 0 aromatic heterocycles. The lowest BCUT2D eigenvalue weighted by Gasteiger charge is -2.37. The number of anilines is 1. The molecule has 4 rings (SSSR count). The van der Waals surface area contributed by atoms with Crippen LogP contribution in [0, 0.1) is 0 Å². The second-order valence-electron chi connectivity index (χ2n) is 8.58. The lowest BCUT2D eigenvalue weighted by molar-refractivity contribution is -0.165. The van der Waals surface area contributed by atoms with Crippen molar-refractivity contribution < 1.29 is 23.7 Å². The van der Waals surface area contributed by atoms with Gasteiger partial charge in [0.1, 0.15) is 30.0 Å². The van der Waals surface area contributed by atoms with Gasteiger partial charge in [-0.05, 0) is 50.2 Å². The first kappa shape index (κ1) is 23.3. The highest BCUT2D eigenvalue weighted by Gasteiger charge is 2.41. The predicted molar refractivity (Wildman–Crippen MR) is 128 cm³/mol. The summed E-state index contributed by atoms with van der Waals surface area (Å²) < 4.78 is 29.1. The van der Waals surface area contributed by atoms with Crippen LogP contribution in [0.3, 0.4) is 0 Å². The van der Waals surface area contributed by atoms with Gasteiger partial charge in [-0.3, -0.25) is 0 Å². The molecule has 2 aliphatic heterocycles. The maximum atomic E-state index is 6.23. The van der Waals surface area contributed by atoms with E-state index in [1.807, 2.05) is 37.3 Å². The van der Waals surface area contributed by atoms with Crippen LogP contribution in [-0.4, -0.2) is 64.6 Å². The molecule has 7 nitrogen and oxygen atoms in total. The molecule has 2 aliphatic rings. The highest BCUT2D eigenvalue weighted by molar-refractivity contribution is 5.49. The molecular weight excluding hydrogens is 420 g/mol. The standard InChI is InChI=1S/C26H34N2O5/c1-19(2)27-12-14-28(15-13-27)20-6-8-21(9-7-20)31-17-23-18-32-26(3,33-23)24-11-10-22(29-4)16-25(24)30-5/h6-11,16,23H,1,12-15,17-18H2,2-5H3. The first-order chi connectivity index (χ1) is 15.9. The summed E-state index contributed by atoms with van der Waals surface area (Å²) >= 11 is 0. The Morgan fingerprint density at radius 2 is 1.73 bits per heavy atom. The summed E-state index contributed by atoms with van der Waals surface area (Å²) in [4.78, 5) is 4.72. The van der Waals surface area contributed by atoms with Gasteiger partial charge in [0.05, 0.1) is 26.4 Å². The molecule has 0 radical (unpaired) electrons. The molecule has 33 heavy (non-hydrogen) atoms. The van der Waals surface area contributed by atoms with Gasteiger partial charge in [0.25, 0.3) is 0 Å². The van der Waals surface area contributed by atoms with Gasteiger partial charge in [0.15, 0.2) is 5.79 Å². The minimum atomic E-state index is -0.901. The fourth-order valence-corrected chi connectivity index (χ4v) is 4.32. The Hall–Kier alpha value is -2.90. The number of methoxy groups -OCH3 is 2. The van der Waals surface area contributed by atoms with E-state index in [2.05, 4.69) is 35.4 Å². The van der Waals surface area contributed by atoms with Gasteiger partial charge in [-0.1, -0.05) is 6.58 Å². The third-order valence-electron chi connectivity index (χ3n) is 6.29. The molecule has 2 heterocycles. The maximum absolute atomic E-state index is 6.23. The number of ether oxygens (including phenoxy) is 5. The SMILES string of the molecule is C=C(C)N1CCN(c2ccc(OCC3COC(C)(c4ccc(OC)cc4OC)O3)cc2)CC1. The molecule has 2 unspecified atom stereocenters. The molecule has 7 heteroatoms. The average molecular weight is 455 g/mol. The van der Waals surface area contributed by atoms with Crippen molar-refractivity contribution >= 4 is 5.69 Å². The van der Waals surface area contributed by atoms with Crippen molar-refractivity contribution in [3.05, 3.63) is 60.3 Å². The van der Waals surface area contributed by atoms with Gasteiger partial charge in [0.2, 0.25) is 0 Å². The molecule has 2 aromatic rings. The number of hydrogen-bond donors (Lipinski definition) is 0. The van der Waals surface area contributed by atoms with Crippen LogP contribution >= 0.6 is 0 Å². The van der Waals surface area contributed by atoms with Gasteiger partial charge in [-0.2, -0.15) is 0 Å². The smallest absolute Gasteiger partial charge is 0.196 e. The van der Waals surface area contributed by atoms with Crippen LogP contribution in [0.15, 0.2) is 54.7 Å². The van der Waals surface area contributed by atoms with Gasteiger partial charge in [-0.15, -0.1) is 0 Å². The van der Waals surface area contributed by atoms with E-state index < -0.39 is 5.79 Å². The molecule has 178 valence electrons. The number of hydrogen-bond acceptors (Lipinski definition) is 7. The van der Waals surface area contributed by atoms with Crippen LogP contribution in [0.5, 0.6) is 17.2 Å². The van der Waals surface area contributed by atoms with Crippen molar-refractivity contribution in [3.8, 4) is 17.2 Å². The maximum Gasteiger partial charge on any atom is 0.196 e. The normalized spacial score (nSPS) is 22.8. The molecule has 2 atom stereocenters. The van der Waals surface area contributed by atoms with Crippen LogP contribution in [0.2, 0.25) is 0 Å². The highest BCUT2D eigenvalue weighted by atomic mass is 16.7. The molecule has 0 bridgehead atoms.